The van der Waals surface area contributed by atoms with Crippen LogP contribution < -0.4 is 16.0 Å². The van der Waals surface area contributed by atoms with Crippen LogP contribution in [0.3, 0.4) is 0 Å². The number of carbonyl (C=O) groups excluding carboxylic acids is 2. The summed E-state index contributed by atoms with van der Waals surface area (Å²) in [5.74, 6) is 0.669. The van der Waals surface area contributed by atoms with Gasteiger partial charge in [-0.05, 0) is 37.3 Å². The van der Waals surface area contributed by atoms with Gasteiger partial charge in [-0.15, -0.1) is 0 Å². The minimum Gasteiger partial charge on any atom is -0.459 e. The highest BCUT2D eigenvalue weighted by Gasteiger charge is 2.14. The van der Waals surface area contributed by atoms with Crippen molar-refractivity contribution in [1.29, 1.82) is 0 Å². The molecule has 1 aromatic heterocycles. The van der Waals surface area contributed by atoms with Crippen molar-refractivity contribution in [1.82, 2.24) is 5.32 Å². The number of amides is 3. The summed E-state index contributed by atoms with van der Waals surface area (Å²) in [4.78, 5) is 23.5. The quantitative estimate of drug-likeness (QED) is 0.644. The van der Waals surface area contributed by atoms with E-state index in [1.165, 1.54) is 7.11 Å². The third-order valence-electron chi connectivity index (χ3n) is 3.77. The van der Waals surface area contributed by atoms with Gasteiger partial charge in [-0.3, -0.25) is 5.32 Å². The molecule has 0 spiro atoms. The fraction of sp³-hybridized carbons (Fsp3) is 0.158. The summed E-state index contributed by atoms with van der Waals surface area (Å²) >= 11 is 0. The largest absolute Gasteiger partial charge is 0.459 e. The number of hydrogen-bond acceptors (Lipinski definition) is 4. The van der Waals surface area contributed by atoms with Gasteiger partial charge < -0.3 is 19.8 Å². The van der Waals surface area contributed by atoms with Crippen molar-refractivity contribution in [2.45, 2.75) is 13.0 Å². The summed E-state index contributed by atoms with van der Waals surface area (Å²) in [6.45, 7) is 1.84. The summed E-state index contributed by atoms with van der Waals surface area (Å²) in [6, 6.07) is 15.6. The fourth-order valence-electron chi connectivity index (χ4n) is 2.49. The molecule has 7 nitrogen and oxygen atoms in total. The van der Waals surface area contributed by atoms with E-state index in [-0.39, 0.29) is 12.1 Å². The van der Waals surface area contributed by atoms with Crippen molar-refractivity contribution in [3.8, 4) is 0 Å². The highest BCUT2D eigenvalue weighted by molar-refractivity contribution is 5.91. The first-order valence-electron chi connectivity index (χ1n) is 8.06. The Kier molecular flexibility index (Phi) is 5.07. The Morgan fingerprint density at radius 1 is 1.00 bits per heavy atom. The van der Waals surface area contributed by atoms with E-state index in [2.05, 4.69) is 20.7 Å². The molecule has 3 N–H and O–H groups in total. The first-order valence-corrected chi connectivity index (χ1v) is 8.06. The van der Waals surface area contributed by atoms with Gasteiger partial charge in [-0.1, -0.05) is 24.3 Å². The summed E-state index contributed by atoms with van der Waals surface area (Å²) in [5, 5.41) is 9.07. The molecule has 1 atom stereocenters. The molecule has 3 rings (SSSR count). The molecule has 0 bridgehead atoms. The van der Waals surface area contributed by atoms with Crippen molar-refractivity contribution in [3.63, 3.8) is 0 Å². The molecule has 3 aromatic rings. The van der Waals surface area contributed by atoms with Crippen molar-refractivity contribution in [3.05, 3.63) is 60.4 Å². The lowest BCUT2D eigenvalue weighted by Gasteiger charge is -2.13. The Morgan fingerprint density at radius 3 is 2.46 bits per heavy atom. The van der Waals surface area contributed by atoms with Gasteiger partial charge in [0.05, 0.1) is 13.2 Å². The maximum absolute atomic E-state index is 12.2. The number of anilines is 2. The van der Waals surface area contributed by atoms with Crippen molar-refractivity contribution >= 4 is 34.5 Å². The van der Waals surface area contributed by atoms with Crippen molar-refractivity contribution < 1.29 is 18.7 Å². The van der Waals surface area contributed by atoms with E-state index in [1.54, 1.807) is 24.3 Å². The average Bonchev–Trinajstić information content (AvgIpc) is 3.06. The van der Waals surface area contributed by atoms with Gasteiger partial charge in [-0.25, -0.2) is 9.59 Å². The Labute approximate surface area is 150 Å². The Hall–Kier alpha value is -3.48. The van der Waals surface area contributed by atoms with Crippen LogP contribution in [0.5, 0.6) is 0 Å². The smallest absolute Gasteiger partial charge is 0.411 e. The standard InChI is InChI=1S/C19H19N3O4/c1-12(17-10-13-6-3-4-9-16(13)26-17)20-18(23)21-14-7-5-8-15(11-14)22-19(24)25-2/h3-12H,1-2H3,(H,22,24)(H2,20,21,23)/t12-/m0/s1. The molecular formula is C19H19N3O4. The van der Waals surface area contributed by atoms with Crippen LogP contribution in [0.25, 0.3) is 11.0 Å². The molecule has 0 saturated carbocycles. The van der Waals surface area contributed by atoms with E-state index in [9.17, 15) is 9.59 Å². The number of benzene rings is 2. The highest BCUT2D eigenvalue weighted by atomic mass is 16.5. The summed E-state index contributed by atoms with van der Waals surface area (Å²) in [5.41, 5.74) is 1.83. The molecule has 0 aliphatic rings. The van der Waals surface area contributed by atoms with Crippen LogP contribution in [0.4, 0.5) is 21.0 Å². The average molecular weight is 353 g/mol. The van der Waals surface area contributed by atoms with Crippen LogP contribution in [0.1, 0.15) is 18.7 Å². The summed E-state index contributed by atoms with van der Waals surface area (Å²) < 4.78 is 10.3. The fourth-order valence-corrected chi connectivity index (χ4v) is 2.49. The van der Waals surface area contributed by atoms with Gasteiger partial charge in [0, 0.05) is 16.8 Å². The predicted molar refractivity (Wildman–Crippen MR) is 99.3 cm³/mol. The van der Waals surface area contributed by atoms with E-state index >= 15 is 0 Å². The SMILES string of the molecule is COC(=O)Nc1cccc(NC(=O)N[C@@H](C)c2cc3ccccc3o2)c1. The molecule has 26 heavy (non-hydrogen) atoms. The van der Waals surface area contributed by atoms with Gasteiger partial charge >= 0.3 is 12.1 Å². The van der Waals surface area contributed by atoms with E-state index in [4.69, 9.17) is 4.42 Å². The van der Waals surface area contributed by atoms with Crippen LogP contribution in [0, 0.1) is 0 Å². The molecule has 0 saturated heterocycles. The Balaban J connectivity index is 1.63. The molecule has 0 radical (unpaired) electrons. The van der Waals surface area contributed by atoms with Gasteiger partial charge in [-0.2, -0.15) is 0 Å². The van der Waals surface area contributed by atoms with Crippen LogP contribution in [-0.4, -0.2) is 19.2 Å². The zero-order valence-electron chi connectivity index (χ0n) is 14.4. The molecule has 0 aliphatic heterocycles. The number of nitrogens with one attached hydrogen (secondary N) is 3. The van der Waals surface area contributed by atoms with Gasteiger partial charge in [0.25, 0.3) is 0 Å². The minimum absolute atomic E-state index is 0.307. The molecule has 0 unspecified atom stereocenters. The third-order valence-corrected chi connectivity index (χ3v) is 3.77. The van der Waals surface area contributed by atoms with Crippen LogP contribution in [0.2, 0.25) is 0 Å². The molecule has 0 fully saturated rings. The lowest BCUT2D eigenvalue weighted by atomic mass is 10.2. The first kappa shape index (κ1) is 17.3. The second kappa shape index (κ2) is 7.60. The van der Waals surface area contributed by atoms with Crippen LogP contribution in [0.15, 0.2) is 59.0 Å². The number of carbonyl (C=O) groups is 2. The molecule has 3 amide bonds. The third kappa shape index (κ3) is 4.13. The van der Waals surface area contributed by atoms with Gasteiger partial charge in [0.1, 0.15) is 11.3 Å². The molecule has 134 valence electrons. The lowest BCUT2D eigenvalue weighted by molar-refractivity contribution is 0.187. The number of furan rings is 1. The number of ether oxygens (including phenoxy) is 1. The Morgan fingerprint density at radius 2 is 1.73 bits per heavy atom. The van der Waals surface area contributed by atoms with Gasteiger partial charge in [0.15, 0.2) is 0 Å². The number of urea groups is 1. The second-order valence-corrected chi connectivity index (χ2v) is 5.70. The highest BCUT2D eigenvalue weighted by Crippen LogP contribution is 2.23. The van der Waals surface area contributed by atoms with Crippen LogP contribution >= 0.6 is 0 Å². The topological polar surface area (TPSA) is 92.6 Å². The number of fused-ring (bicyclic) bond motifs is 1. The normalized spacial score (nSPS) is 11.6. The zero-order valence-corrected chi connectivity index (χ0v) is 14.4. The number of rotatable bonds is 4. The van der Waals surface area contributed by atoms with Crippen LogP contribution in [-0.2, 0) is 4.74 Å². The number of hydrogen-bond donors (Lipinski definition) is 3. The minimum atomic E-state index is -0.579. The van der Waals surface area contributed by atoms with Crippen molar-refractivity contribution in [2.75, 3.05) is 17.7 Å². The van der Waals surface area contributed by atoms with Gasteiger partial charge in [0.2, 0.25) is 0 Å². The lowest BCUT2D eigenvalue weighted by Crippen LogP contribution is -2.31. The molecule has 0 aliphatic carbocycles. The number of para-hydroxylation sites is 1. The summed E-state index contributed by atoms with van der Waals surface area (Å²) in [6.07, 6.45) is -0.579. The monoisotopic (exact) mass is 353 g/mol. The Bertz CT molecular complexity index is 902. The van der Waals surface area contributed by atoms with Crippen molar-refractivity contribution in [2.24, 2.45) is 0 Å². The van der Waals surface area contributed by atoms with E-state index < -0.39 is 6.09 Å². The molecule has 1 heterocycles. The predicted octanol–water partition coefficient (Wildman–Crippen LogP) is 4.49. The maximum atomic E-state index is 12.2. The zero-order chi connectivity index (χ0) is 18.5. The summed E-state index contributed by atoms with van der Waals surface area (Å²) in [7, 11) is 1.28. The second-order valence-electron chi connectivity index (χ2n) is 5.70. The first-order chi connectivity index (χ1) is 12.5. The van der Waals surface area contributed by atoms with E-state index in [1.807, 2.05) is 37.3 Å². The number of methoxy groups -OCH3 is 1. The van der Waals surface area contributed by atoms with E-state index in [0.29, 0.717) is 17.1 Å². The van der Waals surface area contributed by atoms with E-state index in [0.717, 1.165) is 11.0 Å². The molecule has 7 heteroatoms. The molecule has 2 aromatic carbocycles. The maximum Gasteiger partial charge on any atom is 0.411 e. The molecular weight excluding hydrogens is 334 g/mol.